The van der Waals surface area contributed by atoms with Crippen LogP contribution in [0.25, 0.3) is 0 Å². The second-order valence-electron chi connectivity index (χ2n) is 7.17. The Kier molecular flexibility index (Phi) is 9.90. The third kappa shape index (κ3) is 6.39. The van der Waals surface area contributed by atoms with E-state index >= 15 is 0 Å². The lowest BCUT2D eigenvalue weighted by Gasteiger charge is -2.32. The van der Waals surface area contributed by atoms with Crippen molar-refractivity contribution in [1.82, 2.24) is 10.2 Å². The number of nitrogens with two attached hydrogens (primary N) is 1. The number of hydrogen-bond donors (Lipinski definition) is 2. The van der Waals surface area contributed by atoms with Gasteiger partial charge in [-0.25, -0.2) is 0 Å². The van der Waals surface area contributed by atoms with Crippen LogP contribution in [0.1, 0.15) is 24.8 Å². The van der Waals surface area contributed by atoms with Crippen LogP contribution >= 0.6 is 24.8 Å². The van der Waals surface area contributed by atoms with E-state index < -0.39 is 5.54 Å². The summed E-state index contributed by atoms with van der Waals surface area (Å²) in [7, 11) is 0. The first-order valence-corrected chi connectivity index (χ1v) is 9.07. The van der Waals surface area contributed by atoms with Gasteiger partial charge in [0.25, 0.3) is 0 Å². The van der Waals surface area contributed by atoms with Crippen LogP contribution in [0, 0.1) is 5.92 Å². The van der Waals surface area contributed by atoms with Crippen LogP contribution in [0.3, 0.4) is 0 Å². The molecular formula is C19H31Cl2N3O2. The molecule has 148 valence electrons. The number of rotatable bonds is 6. The van der Waals surface area contributed by atoms with Gasteiger partial charge in [-0.05, 0) is 43.7 Å². The van der Waals surface area contributed by atoms with Crippen molar-refractivity contribution in [3.63, 3.8) is 0 Å². The zero-order chi connectivity index (χ0) is 16.8. The third-order valence-corrected chi connectivity index (χ3v) is 5.32. The molecule has 0 aliphatic carbocycles. The number of amides is 1. The molecular weight excluding hydrogens is 373 g/mol. The van der Waals surface area contributed by atoms with Crippen molar-refractivity contribution in [3.05, 3.63) is 35.9 Å². The van der Waals surface area contributed by atoms with Crippen molar-refractivity contribution < 1.29 is 9.53 Å². The predicted octanol–water partition coefficient (Wildman–Crippen LogP) is 2.02. The summed E-state index contributed by atoms with van der Waals surface area (Å²) in [6.07, 6.45) is 3.47. The van der Waals surface area contributed by atoms with E-state index in [0.29, 0.717) is 32.0 Å². The lowest BCUT2D eigenvalue weighted by Crippen LogP contribution is -2.57. The number of carbonyl (C=O) groups excluding carboxylic acids is 1. The van der Waals surface area contributed by atoms with Crippen LogP contribution in [-0.2, 0) is 16.0 Å². The Morgan fingerprint density at radius 3 is 2.62 bits per heavy atom. The summed E-state index contributed by atoms with van der Waals surface area (Å²) in [5, 5.41) is 3.08. The number of ether oxygens (including phenoxy) is 1. The van der Waals surface area contributed by atoms with Gasteiger partial charge in [0.05, 0.1) is 5.54 Å². The van der Waals surface area contributed by atoms with Crippen LogP contribution in [0.15, 0.2) is 30.3 Å². The van der Waals surface area contributed by atoms with E-state index in [-0.39, 0.29) is 30.7 Å². The molecule has 1 aromatic rings. The van der Waals surface area contributed by atoms with Gasteiger partial charge >= 0.3 is 0 Å². The SMILES string of the molecule is Cl.Cl.NC1(C(=O)NCC2CCN(CCc3ccccc3)C2)CCOCC1. The van der Waals surface area contributed by atoms with Crippen LogP contribution in [-0.4, -0.2) is 55.7 Å². The number of nitrogens with zero attached hydrogens (tertiary/aromatic N) is 1. The first kappa shape index (κ1) is 23.2. The van der Waals surface area contributed by atoms with Crippen molar-refractivity contribution in [2.75, 3.05) is 39.4 Å². The van der Waals surface area contributed by atoms with Gasteiger partial charge in [0, 0.05) is 32.8 Å². The molecule has 3 rings (SSSR count). The van der Waals surface area contributed by atoms with Crippen molar-refractivity contribution in [3.8, 4) is 0 Å². The highest BCUT2D eigenvalue weighted by molar-refractivity contribution is 5.86. The van der Waals surface area contributed by atoms with Crippen LogP contribution < -0.4 is 11.1 Å². The van der Waals surface area contributed by atoms with Crippen LogP contribution in [0.5, 0.6) is 0 Å². The van der Waals surface area contributed by atoms with Gasteiger partial charge < -0.3 is 20.7 Å². The number of benzene rings is 1. The van der Waals surface area contributed by atoms with Gasteiger partial charge in [-0.3, -0.25) is 4.79 Å². The first-order valence-electron chi connectivity index (χ1n) is 9.07. The monoisotopic (exact) mass is 403 g/mol. The summed E-state index contributed by atoms with van der Waals surface area (Å²) in [5.74, 6) is 0.529. The summed E-state index contributed by atoms with van der Waals surface area (Å²) >= 11 is 0. The van der Waals surface area contributed by atoms with E-state index in [1.807, 2.05) is 0 Å². The molecule has 0 aromatic heterocycles. The molecule has 26 heavy (non-hydrogen) atoms. The van der Waals surface area contributed by atoms with Gasteiger partial charge in [-0.2, -0.15) is 0 Å². The maximum atomic E-state index is 12.4. The Hall–Kier alpha value is -0.850. The molecule has 7 heteroatoms. The number of halogens is 2. The maximum absolute atomic E-state index is 12.4. The van der Waals surface area contributed by atoms with E-state index in [0.717, 1.165) is 39.0 Å². The smallest absolute Gasteiger partial charge is 0.240 e. The van der Waals surface area contributed by atoms with E-state index in [1.165, 1.54) is 5.56 Å². The summed E-state index contributed by atoms with van der Waals surface area (Å²) in [4.78, 5) is 14.9. The Morgan fingerprint density at radius 2 is 1.92 bits per heavy atom. The maximum Gasteiger partial charge on any atom is 0.240 e. The van der Waals surface area contributed by atoms with Gasteiger partial charge in [0.1, 0.15) is 0 Å². The number of likely N-dealkylation sites (tertiary alicyclic amines) is 1. The van der Waals surface area contributed by atoms with E-state index in [2.05, 4.69) is 40.5 Å². The van der Waals surface area contributed by atoms with E-state index in [9.17, 15) is 4.79 Å². The molecule has 3 N–H and O–H groups in total. The van der Waals surface area contributed by atoms with Crippen molar-refractivity contribution >= 4 is 30.7 Å². The zero-order valence-electron chi connectivity index (χ0n) is 15.2. The Morgan fingerprint density at radius 1 is 1.23 bits per heavy atom. The molecule has 5 nitrogen and oxygen atoms in total. The predicted molar refractivity (Wildman–Crippen MR) is 109 cm³/mol. The van der Waals surface area contributed by atoms with Gasteiger partial charge in [0.2, 0.25) is 5.91 Å². The van der Waals surface area contributed by atoms with Crippen LogP contribution in [0.4, 0.5) is 0 Å². The molecule has 0 spiro atoms. The summed E-state index contributed by atoms with van der Waals surface area (Å²) in [6, 6.07) is 10.6. The number of hydrogen-bond acceptors (Lipinski definition) is 4. The molecule has 1 unspecified atom stereocenters. The molecule has 1 aromatic carbocycles. The lowest BCUT2D eigenvalue weighted by atomic mass is 9.90. The highest BCUT2D eigenvalue weighted by atomic mass is 35.5. The normalized spacial score (nSPS) is 22.1. The summed E-state index contributed by atoms with van der Waals surface area (Å²) in [5.41, 5.74) is 6.88. The standard InChI is InChI=1S/C19H29N3O2.2ClH/c20-19(8-12-24-13-9-19)18(23)21-14-17-7-11-22(15-17)10-6-16-4-2-1-3-5-16;;/h1-5,17H,6-15,20H2,(H,21,23);2*1H. The minimum absolute atomic E-state index is 0. The minimum atomic E-state index is -0.732. The van der Waals surface area contributed by atoms with Gasteiger partial charge in [-0.15, -0.1) is 24.8 Å². The topological polar surface area (TPSA) is 67.6 Å². The molecule has 2 aliphatic heterocycles. The Labute approximate surface area is 168 Å². The van der Waals surface area contributed by atoms with Crippen molar-refractivity contribution in [2.45, 2.75) is 31.2 Å². The van der Waals surface area contributed by atoms with Gasteiger partial charge in [-0.1, -0.05) is 30.3 Å². The van der Waals surface area contributed by atoms with E-state index in [4.69, 9.17) is 10.5 Å². The number of nitrogens with one attached hydrogen (secondary N) is 1. The third-order valence-electron chi connectivity index (χ3n) is 5.32. The summed E-state index contributed by atoms with van der Waals surface area (Å²) in [6.45, 7) is 5.18. The van der Waals surface area contributed by atoms with Crippen molar-refractivity contribution in [2.24, 2.45) is 11.7 Å². The van der Waals surface area contributed by atoms with Crippen molar-refractivity contribution in [1.29, 1.82) is 0 Å². The Bertz CT molecular complexity index is 539. The molecule has 2 saturated heterocycles. The molecule has 0 radical (unpaired) electrons. The minimum Gasteiger partial charge on any atom is -0.381 e. The second-order valence-corrected chi connectivity index (χ2v) is 7.17. The Balaban J connectivity index is 0.00000169. The average molecular weight is 404 g/mol. The second kappa shape index (κ2) is 11.1. The molecule has 1 atom stereocenters. The van der Waals surface area contributed by atoms with Crippen LogP contribution in [0.2, 0.25) is 0 Å². The fourth-order valence-electron chi connectivity index (χ4n) is 3.59. The molecule has 1 amide bonds. The fraction of sp³-hybridized carbons (Fsp3) is 0.632. The molecule has 2 heterocycles. The highest BCUT2D eigenvalue weighted by Gasteiger charge is 2.36. The molecule has 2 aliphatic rings. The molecule has 0 bridgehead atoms. The fourth-order valence-corrected chi connectivity index (χ4v) is 3.59. The summed E-state index contributed by atoms with van der Waals surface area (Å²) < 4.78 is 5.30. The zero-order valence-corrected chi connectivity index (χ0v) is 16.8. The highest BCUT2D eigenvalue weighted by Crippen LogP contribution is 2.19. The molecule has 2 fully saturated rings. The average Bonchev–Trinajstić information content (AvgIpc) is 3.07. The number of carbonyl (C=O) groups is 1. The first-order chi connectivity index (χ1) is 11.7. The molecule has 0 saturated carbocycles. The quantitative estimate of drug-likeness (QED) is 0.762. The van der Waals surface area contributed by atoms with Gasteiger partial charge in [0.15, 0.2) is 0 Å². The lowest BCUT2D eigenvalue weighted by molar-refractivity contribution is -0.129. The van der Waals surface area contributed by atoms with E-state index in [1.54, 1.807) is 0 Å². The largest absolute Gasteiger partial charge is 0.381 e.